The van der Waals surface area contributed by atoms with Crippen molar-refractivity contribution in [3.05, 3.63) is 48.8 Å². The minimum Gasteiger partial charge on any atom is -0.490 e. The molecule has 0 unspecified atom stereocenters. The topological polar surface area (TPSA) is 107 Å². The van der Waals surface area contributed by atoms with E-state index in [9.17, 15) is 8.42 Å². The number of aliphatic hydroxyl groups is 2. The number of hydrogen-bond donors (Lipinski definition) is 3. The quantitative estimate of drug-likeness (QED) is 0.569. The third-order valence-corrected chi connectivity index (χ3v) is 7.14. The summed E-state index contributed by atoms with van der Waals surface area (Å²) in [5.41, 5.74) is 3.04. The van der Waals surface area contributed by atoms with Gasteiger partial charge in [-0.2, -0.15) is 0 Å². The minimum absolute atomic E-state index is 0.187. The number of aliphatic hydroxyl groups excluding tert-OH is 1. The molecule has 0 saturated carbocycles. The first-order valence-corrected chi connectivity index (χ1v) is 11.7. The van der Waals surface area contributed by atoms with E-state index in [-0.39, 0.29) is 4.90 Å². The highest BCUT2D eigenvalue weighted by Crippen LogP contribution is 2.36. The summed E-state index contributed by atoms with van der Waals surface area (Å²) in [6, 6.07) is 5.03. The van der Waals surface area contributed by atoms with Crippen LogP contribution in [0.15, 0.2) is 42.4 Å². The Morgan fingerprint density at radius 3 is 2.44 bits per heavy atom. The SMILES string of the molecule is C=Cc1c(N2CCNCC2)cn(S(=O)(=O)c2ccc3c(c2)OCCN3C)c1C=C.OCO. The maximum atomic E-state index is 13.5. The van der Waals surface area contributed by atoms with Crippen molar-refractivity contribution in [2.75, 3.05) is 63.0 Å². The minimum atomic E-state index is -3.83. The number of benzene rings is 1. The van der Waals surface area contributed by atoms with Crippen molar-refractivity contribution < 1.29 is 23.4 Å². The van der Waals surface area contributed by atoms with Crippen LogP contribution in [0.4, 0.5) is 11.4 Å². The van der Waals surface area contributed by atoms with E-state index < -0.39 is 16.8 Å². The Labute approximate surface area is 188 Å². The fourth-order valence-electron chi connectivity index (χ4n) is 3.88. The lowest BCUT2D eigenvalue weighted by Crippen LogP contribution is -2.43. The zero-order valence-electron chi connectivity index (χ0n) is 18.2. The number of aromatic nitrogens is 1. The number of fused-ring (bicyclic) bond motifs is 1. The molecule has 2 aliphatic rings. The predicted molar refractivity (Wildman–Crippen MR) is 127 cm³/mol. The van der Waals surface area contributed by atoms with Gasteiger partial charge in [-0.1, -0.05) is 19.2 Å². The van der Waals surface area contributed by atoms with Crippen molar-refractivity contribution in [3.63, 3.8) is 0 Å². The van der Waals surface area contributed by atoms with Crippen LogP contribution in [0.3, 0.4) is 0 Å². The molecular weight excluding hydrogens is 432 g/mol. The van der Waals surface area contributed by atoms with Crippen LogP contribution >= 0.6 is 0 Å². The molecule has 0 atom stereocenters. The van der Waals surface area contributed by atoms with Crippen LogP contribution in [0.1, 0.15) is 11.3 Å². The zero-order valence-corrected chi connectivity index (χ0v) is 19.0. The predicted octanol–water partition coefficient (Wildman–Crippen LogP) is 1.18. The molecule has 0 radical (unpaired) electrons. The van der Waals surface area contributed by atoms with Crippen LogP contribution in [0.25, 0.3) is 12.2 Å². The monoisotopic (exact) mass is 462 g/mol. The summed E-state index contributed by atoms with van der Waals surface area (Å²) < 4.78 is 34.1. The second kappa shape index (κ2) is 10.2. The van der Waals surface area contributed by atoms with Crippen LogP contribution < -0.4 is 19.9 Å². The molecule has 0 aliphatic carbocycles. The lowest BCUT2D eigenvalue weighted by molar-refractivity contribution is 0.0773. The van der Waals surface area contributed by atoms with Crippen molar-refractivity contribution in [1.29, 1.82) is 0 Å². The third-order valence-electron chi connectivity index (χ3n) is 5.47. The molecule has 0 bridgehead atoms. The first-order chi connectivity index (χ1) is 15.4. The van der Waals surface area contributed by atoms with Gasteiger partial charge in [0.25, 0.3) is 10.0 Å². The summed E-state index contributed by atoms with van der Waals surface area (Å²) >= 11 is 0. The van der Waals surface area contributed by atoms with Crippen molar-refractivity contribution >= 4 is 33.6 Å². The van der Waals surface area contributed by atoms with Crippen LogP contribution in [-0.2, 0) is 10.0 Å². The highest BCUT2D eigenvalue weighted by Gasteiger charge is 2.27. The molecule has 4 rings (SSSR count). The van der Waals surface area contributed by atoms with Crippen LogP contribution in [0, 0.1) is 0 Å². The van der Waals surface area contributed by atoms with E-state index in [1.54, 1.807) is 36.5 Å². The number of likely N-dealkylation sites (N-methyl/N-ethyl adjacent to an activating group) is 1. The summed E-state index contributed by atoms with van der Waals surface area (Å²) in [5.74, 6) is 0.582. The third kappa shape index (κ3) is 4.53. The first-order valence-electron chi connectivity index (χ1n) is 10.3. The number of nitrogens with one attached hydrogen (secondary N) is 1. The summed E-state index contributed by atoms with van der Waals surface area (Å²) in [6.07, 6.45) is 4.95. The van der Waals surface area contributed by atoms with E-state index >= 15 is 0 Å². The van der Waals surface area contributed by atoms with E-state index in [4.69, 9.17) is 14.9 Å². The van der Waals surface area contributed by atoms with Crippen LogP contribution in [0.5, 0.6) is 5.75 Å². The van der Waals surface area contributed by atoms with Crippen molar-refractivity contribution in [3.8, 4) is 5.75 Å². The molecule has 32 heavy (non-hydrogen) atoms. The molecule has 1 aromatic carbocycles. The zero-order chi connectivity index (χ0) is 23.3. The van der Waals surface area contributed by atoms with Gasteiger partial charge in [-0.15, -0.1) is 0 Å². The number of rotatable bonds is 5. The maximum absolute atomic E-state index is 13.5. The Kier molecular flexibility index (Phi) is 7.62. The van der Waals surface area contributed by atoms with Gasteiger partial charge in [0.2, 0.25) is 0 Å². The molecule has 0 spiro atoms. The van der Waals surface area contributed by atoms with Gasteiger partial charge in [0.05, 0.1) is 28.5 Å². The molecule has 1 aromatic heterocycles. The summed E-state index contributed by atoms with van der Waals surface area (Å²) in [5, 5.41) is 17.6. The van der Waals surface area contributed by atoms with E-state index in [0.717, 1.165) is 49.7 Å². The van der Waals surface area contributed by atoms with Gasteiger partial charge in [-0.3, -0.25) is 0 Å². The highest BCUT2D eigenvalue weighted by atomic mass is 32.2. The molecule has 3 heterocycles. The molecule has 1 saturated heterocycles. The Hall–Kier alpha value is -2.79. The van der Waals surface area contributed by atoms with E-state index in [1.165, 1.54) is 3.97 Å². The first kappa shape index (κ1) is 23.9. The van der Waals surface area contributed by atoms with Crippen LogP contribution in [-0.4, -0.2) is 75.8 Å². The molecule has 10 heteroatoms. The smallest absolute Gasteiger partial charge is 0.268 e. The average molecular weight is 463 g/mol. The molecule has 1 fully saturated rings. The second-order valence-electron chi connectivity index (χ2n) is 7.30. The lowest BCUT2D eigenvalue weighted by Gasteiger charge is -2.29. The Bertz CT molecular complexity index is 1070. The molecule has 174 valence electrons. The Balaban J connectivity index is 0.000000913. The van der Waals surface area contributed by atoms with Gasteiger partial charge < -0.3 is 30.1 Å². The molecule has 2 aliphatic heterocycles. The summed E-state index contributed by atoms with van der Waals surface area (Å²) in [6.45, 7) is 11.6. The summed E-state index contributed by atoms with van der Waals surface area (Å²) in [7, 11) is -1.86. The molecule has 3 N–H and O–H groups in total. The maximum Gasteiger partial charge on any atom is 0.268 e. The number of hydrogen-bond acceptors (Lipinski definition) is 8. The highest BCUT2D eigenvalue weighted by molar-refractivity contribution is 7.90. The molecule has 9 nitrogen and oxygen atoms in total. The lowest BCUT2D eigenvalue weighted by atomic mass is 10.2. The van der Waals surface area contributed by atoms with Crippen molar-refractivity contribution in [1.82, 2.24) is 9.29 Å². The van der Waals surface area contributed by atoms with Gasteiger partial charge in [0.1, 0.15) is 19.1 Å². The number of ether oxygens (including phenoxy) is 1. The van der Waals surface area contributed by atoms with E-state index in [0.29, 0.717) is 18.1 Å². The molecule has 2 aromatic rings. The fourth-order valence-corrected chi connectivity index (χ4v) is 5.27. The molecule has 0 amide bonds. The number of piperazine rings is 1. The Morgan fingerprint density at radius 2 is 1.81 bits per heavy atom. The van der Waals surface area contributed by atoms with E-state index in [2.05, 4.69) is 28.3 Å². The van der Waals surface area contributed by atoms with Gasteiger partial charge in [0, 0.05) is 51.1 Å². The normalized spacial score (nSPS) is 15.8. The molecular formula is C22H30N4O5S. The average Bonchev–Trinajstić information content (AvgIpc) is 3.19. The van der Waals surface area contributed by atoms with Crippen LogP contribution in [0.2, 0.25) is 0 Å². The van der Waals surface area contributed by atoms with Gasteiger partial charge in [0.15, 0.2) is 0 Å². The second-order valence-corrected chi connectivity index (χ2v) is 9.12. The van der Waals surface area contributed by atoms with Crippen molar-refractivity contribution in [2.24, 2.45) is 0 Å². The van der Waals surface area contributed by atoms with Gasteiger partial charge >= 0.3 is 0 Å². The van der Waals surface area contributed by atoms with E-state index in [1.807, 2.05) is 7.05 Å². The fraction of sp³-hybridized carbons (Fsp3) is 0.364. The largest absolute Gasteiger partial charge is 0.490 e. The summed E-state index contributed by atoms with van der Waals surface area (Å²) in [4.78, 5) is 4.42. The Morgan fingerprint density at radius 1 is 1.12 bits per heavy atom. The van der Waals surface area contributed by atoms with Crippen molar-refractivity contribution in [2.45, 2.75) is 4.90 Å². The van der Waals surface area contributed by atoms with Gasteiger partial charge in [-0.25, -0.2) is 12.4 Å². The van der Waals surface area contributed by atoms with Gasteiger partial charge in [-0.05, 0) is 18.2 Å². The number of nitrogens with zero attached hydrogens (tertiary/aromatic N) is 3. The standard InChI is InChI=1S/C21H26N4O3S.CH4O2/c1-4-17-18(5-2)25(15-20(17)24-10-8-22-9-11-24)29(26,27)16-6-7-19-21(14-16)28-13-12-23(19)3;2-1-3/h4-7,14-15,22H,1-2,8-13H2,3H3;2-3H,1H2. The number of anilines is 2.